The van der Waals surface area contributed by atoms with Gasteiger partial charge in [0.2, 0.25) is 0 Å². The molecule has 2 aliphatic rings. The van der Waals surface area contributed by atoms with Crippen molar-refractivity contribution in [2.24, 2.45) is 4.99 Å². The molecule has 2 aromatic carbocycles. The molecule has 0 radical (unpaired) electrons. The molecule has 2 heterocycles. The minimum Gasteiger partial charge on any atom is -0.373 e. The fourth-order valence-electron chi connectivity index (χ4n) is 4.61. The lowest BCUT2D eigenvalue weighted by molar-refractivity contribution is -0.0502. The summed E-state index contributed by atoms with van der Waals surface area (Å²) in [6.45, 7) is 5.19. The second-order valence-corrected chi connectivity index (χ2v) is 8.34. The Bertz CT molecular complexity index is 933. The molecule has 1 amide bonds. The number of hydrogen-bond donors (Lipinski definition) is 2. The van der Waals surface area contributed by atoms with Crippen molar-refractivity contribution in [1.82, 2.24) is 20.4 Å². The summed E-state index contributed by atoms with van der Waals surface area (Å²) in [7, 11) is 3.48. The average molecular weight is 436 g/mol. The summed E-state index contributed by atoms with van der Waals surface area (Å²) in [5, 5.41) is 6.17. The lowest BCUT2D eigenvalue weighted by atomic mass is 10.1. The summed E-state index contributed by atoms with van der Waals surface area (Å²) >= 11 is 0. The molecular weight excluding hydrogens is 402 g/mol. The first kappa shape index (κ1) is 22.3. The van der Waals surface area contributed by atoms with Crippen LogP contribution >= 0.6 is 0 Å². The molecule has 2 saturated heterocycles. The number of nitrogens with one attached hydrogen (secondary N) is 2. The number of guanidine groups is 1. The smallest absolute Gasteiger partial charge is 0.251 e. The predicted octanol–water partition coefficient (Wildman–Crippen LogP) is 1.75. The van der Waals surface area contributed by atoms with Gasteiger partial charge in [0.15, 0.2) is 5.96 Å². The van der Waals surface area contributed by atoms with E-state index in [0.717, 1.165) is 57.3 Å². The molecule has 2 aromatic rings. The van der Waals surface area contributed by atoms with Crippen molar-refractivity contribution in [2.45, 2.75) is 25.1 Å². The predicted molar refractivity (Wildman–Crippen MR) is 127 cm³/mol. The summed E-state index contributed by atoms with van der Waals surface area (Å²) in [4.78, 5) is 21.2. The van der Waals surface area contributed by atoms with Crippen LogP contribution in [-0.4, -0.2) is 80.7 Å². The topological polar surface area (TPSA) is 69.2 Å². The number of hydrogen-bond acceptors (Lipinski definition) is 4. The van der Waals surface area contributed by atoms with Gasteiger partial charge in [-0.15, -0.1) is 0 Å². The quantitative estimate of drug-likeness (QED) is 0.535. The van der Waals surface area contributed by atoms with Crippen molar-refractivity contribution in [3.8, 4) is 0 Å². The number of amides is 1. The van der Waals surface area contributed by atoms with Crippen molar-refractivity contribution in [2.75, 3.05) is 46.9 Å². The Hall–Kier alpha value is -2.90. The Kier molecular flexibility index (Phi) is 7.39. The number of ether oxygens (including phenoxy) is 1. The zero-order chi connectivity index (χ0) is 22.3. The van der Waals surface area contributed by atoms with Gasteiger partial charge in [0.25, 0.3) is 5.91 Å². The Morgan fingerprint density at radius 2 is 1.94 bits per heavy atom. The number of rotatable bonds is 6. The maximum absolute atomic E-state index is 11.9. The van der Waals surface area contributed by atoms with E-state index in [1.54, 1.807) is 7.05 Å². The first-order valence-corrected chi connectivity index (χ1v) is 11.3. The van der Waals surface area contributed by atoms with E-state index < -0.39 is 0 Å². The average Bonchev–Trinajstić information content (AvgIpc) is 3.27. The normalized spacial score (nSPS) is 21.3. The maximum Gasteiger partial charge on any atom is 0.251 e. The van der Waals surface area contributed by atoms with Gasteiger partial charge in [-0.05, 0) is 29.7 Å². The number of morpholine rings is 1. The molecule has 2 N–H and O–H groups in total. The van der Waals surface area contributed by atoms with Gasteiger partial charge in [0.05, 0.1) is 18.8 Å². The summed E-state index contributed by atoms with van der Waals surface area (Å²) in [5.41, 5.74) is 3.16. The van der Waals surface area contributed by atoms with Crippen LogP contribution < -0.4 is 10.6 Å². The molecule has 0 aromatic heterocycles. The molecule has 0 aliphatic carbocycles. The van der Waals surface area contributed by atoms with Gasteiger partial charge < -0.3 is 20.3 Å². The van der Waals surface area contributed by atoms with E-state index in [1.165, 1.54) is 5.56 Å². The van der Waals surface area contributed by atoms with Crippen molar-refractivity contribution < 1.29 is 9.53 Å². The minimum atomic E-state index is -0.0599. The molecule has 7 heteroatoms. The van der Waals surface area contributed by atoms with Crippen LogP contribution in [0, 0.1) is 0 Å². The highest BCUT2D eigenvalue weighted by molar-refractivity contribution is 5.94. The molecule has 2 atom stereocenters. The third-order valence-electron chi connectivity index (χ3n) is 6.27. The molecule has 0 saturated carbocycles. The highest BCUT2D eigenvalue weighted by Gasteiger charge is 2.41. The van der Waals surface area contributed by atoms with Gasteiger partial charge >= 0.3 is 0 Å². The Morgan fingerprint density at radius 3 is 2.72 bits per heavy atom. The molecule has 4 rings (SSSR count). The number of carbonyl (C=O) groups excluding carboxylic acids is 1. The molecular formula is C25H33N5O2. The van der Waals surface area contributed by atoms with E-state index in [2.05, 4.69) is 61.8 Å². The zero-order valence-electron chi connectivity index (χ0n) is 19.0. The van der Waals surface area contributed by atoms with E-state index in [9.17, 15) is 4.79 Å². The van der Waals surface area contributed by atoms with Gasteiger partial charge in [-0.1, -0.05) is 42.5 Å². The van der Waals surface area contributed by atoms with Crippen LogP contribution in [0.5, 0.6) is 0 Å². The van der Waals surface area contributed by atoms with Crippen molar-refractivity contribution in [3.05, 3.63) is 71.3 Å². The molecule has 2 fully saturated rings. The zero-order valence-corrected chi connectivity index (χ0v) is 19.0. The van der Waals surface area contributed by atoms with E-state index in [-0.39, 0.29) is 12.0 Å². The number of fused-ring (bicyclic) bond motifs is 1. The third-order valence-corrected chi connectivity index (χ3v) is 6.27. The second-order valence-electron chi connectivity index (χ2n) is 8.34. The number of aliphatic imine (C=N–C) groups is 1. The van der Waals surface area contributed by atoms with Crippen LogP contribution in [0.1, 0.15) is 21.5 Å². The number of likely N-dealkylation sites (tertiary alicyclic amines) is 1. The Labute approximate surface area is 190 Å². The second kappa shape index (κ2) is 10.6. The lowest BCUT2D eigenvalue weighted by Crippen LogP contribution is -2.50. The van der Waals surface area contributed by atoms with E-state index in [1.807, 2.05) is 25.2 Å². The first-order valence-electron chi connectivity index (χ1n) is 11.3. The molecule has 2 unspecified atom stereocenters. The van der Waals surface area contributed by atoms with Gasteiger partial charge in [-0.3, -0.25) is 14.7 Å². The largest absolute Gasteiger partial charge is 0.373 e. The van der Waals surface area contributed by atoms with E-state index >= 15 is 0 Å². The summed E-state index contributed by atoms with van der Waals surface area (Å²) in [6.07, 6.45) is 1.02. The van der Waals surface area contributed by atoms with Gasteiger partial charge in [0, 0.05) is 52.4 Å². The SMILES string of the molecule is CN=C(NCCc1cccc(C(=O)NC)c1)N1CC2OCCN(Cc3ccccc3)C2C1. The van der Waals surface area contributed by atoms with Gasteiger partial charge in [-0.2, -0.15) is 0 Å². The molecule has 32 heavy (non-hydrogen) atoms. The van der Waals surface area contributed by atoms with Crippen molar-refractivity contribution in [1.29, 1.82) is 0 Å². The number of benzene rings is 2. The van der Waals surface area contributed by atoms with Crippen LogP contribution in [0.25, 0.3) is 0 Å². The van der Waals surface area contributed by atoms with Crippen LogP contribution in [0.2, 0.25) is 0 Å². The summed E-state index contributed by atoms with van der Waals surface area (Å²) in [5.74, 6) is 0.848. The van der Waals surface area contributed by atoms with E-state index in [0.29, 0.717) is 11.6 Å². The van der Waals surface area contributed by atoms with Crippen LogP contribution in [0.3, 0.4) is 0 Å². The van der Waals surface area contributed by atoms with E-state index in [4.69, 9.17) is 4.74 Å². The number of nitrogens with zero attached hydrogens (tertiary/aromatic N) is 3. The Morgan fingerprint density at radius 1 is 1.12 bits per heavy atom. The molecule has 170 valence electrons. The summed E-state index contributed by atoms with van der Waals surface area (Å²) in [6, 6.07) is 18.8. The fraction of sp³-hybridized carbons (Fsp3) is 0.440. The van der Waals surface area contributed by atoms with Gasteiger partial charge in [0.1, 0.15) is 0 Å². The first-order chi connectivity index (χ1) is 15.7. The standard InChI is InChI=1S/C25H33N5O2/c1-26-24(31)21-10-6-9-19(15-21)11-12-28-25(27-2)30-17-22-23(18-30)32-14-13-29(22)16-20-7-4-3-5-8-20/h3-10,15,22-23H,11-14,16-18H2,1-2H3,(H,26,31)(H,27,28). The molecule has 0 spiro atoms. The molecule has 2 aliphatic heterocycles. The lowest BCUT2D eigenvalue weighted by Gasteiger charge is -2.36. The Balaban J connectivity index is 1.33. The van der Waals surface area contributed by atoms with Crippen LogP contribution in [0.15, 0.2) is 59.6 Å². The summed E-state index contributed by atoms with van der Waals surface area (Å²) < 4.78 is 6.11. The molecule has 0 bridgehead atoms. The van der Waals surface area contributed by atoms with Crippen molar-refractivity contribution in [3.63, 3.8) is 0 Å². The highest BCUT2D eigenvalue weighted by Crippen LogP contribution is 2.24. The maximum atomic E-state index is 11.9. The van der Waals surface area contributed by atoms with Gasteiger partial charge in [-0.25, -0.2) is 0 Å². The number of carbonyl (C=O) groups is 1. The van der Waals surface area contributed by atoms with Crippen molar-refractivity contribution >= 4 is 11.9 Å². The van der Waals surface area contributed by atoms with Crippen LogP contribution in [-0.2, 0) is 17.7 Å². The molecule has 7 nitrogen and oxygen atoms in total. The van der Waals surface area contributed by atoms with Crippen LogP contribution in [0.4, 0.5) is 0 Å². The fourth-order valence-corrected chi connectivity index (χ4v) is 4.61. The minimum absolute atomic E-state index is 0.0599. The highest BCUT2D eigenvalue weighted by atomic mass is 16.5. The third kappa shape index (κ3) is 5.29. The monoisotopic (exact) mass is 435 g/mol.